The summed E-state index contributed by atoms with van der Waals surface area (Å²) in [5.41, 5.74) is 11.9. The van der Waals surface area contributed by atoms with Gasteiger partial charge in [-0.05, 0) is 69.2 Å². The summed E-state index contributed by atoms with van der Waals surface area (Å²) in [7, 11) is 1.57. The summed E-state index contributed by atoms with van der Waals surface area (Å²) < 4.78 is 0. The van der Waals surface area contributed by atoms with Gasteiger partial charge in [-0.1, -0.05) is 46.2 Å². The number of aromatic nitrogens is 2. The molecule has 0 spiro atoms. The number of likely N-dealkylation sites (N-methyl/N-ethyl adjacent to an activating group) is 1. The van der Waals surface area contributed by atoms with Crippen molar-refractivity contribution >= 4 is 59.2 Å². The zero-order chi connectivity index (χ0) is 52.7. The van der Waals surface area contributed by atoms with Crippen molar-refractivity contribution in [2.45, 2.75) is 129 Å². The van der Waals surface area contributed by atoms with Gasteiger partial charge in [0.15, 0.2) is 5.96 Å². The number of H-pyrrole nitrogens is 1. The van der Waals surface area contributed by atoms with E-state index >= 15 is 0 Å². The van der Waals surface area contributed by atoms with E-state index in [2.05, 4.69) is 52.2 Å². The van der Waals surface area contributed by atoms with E-state index in [0.29, 0.717) is 30.5 Å². The van der Waals surface area contributed by atoms with Gasteiger partial charge in [-0.25, -0.2) is 4.98 Å². The number of benzene rings is 1. The predicted octanol–water partition coefficient (Wildman–Crippen LogP) is -2.03. The molecule has 15 N–H and O–H groups in total. The number of likely N-dealkylation sites (tertiary alicyclic amines) is 1. The molecule has 1 aromatic heterocycles. The third-order valence-electron chi connectivity index (χ3n) is 11.1. The van der Waals surface area contributed by atoms with Crippen molar-refractivity contribution in [1.82, 2.24) is 52.1 Å². The lowest BCUT2D eigenvalue weighted by atomic mass is 9.96. The molecule has 0 bridgehead atoms. The third kappa shape index (κ3) is 20.1. The SMILES string of the molecule is CC(=O)O.CC[C@H](C)[C@H](NC(=O)[C@H](Cc1ccc(O)cc1)NC(=O)[C@@H](NC(=O)[C@H](CCCN=C(N)N)NC(=O)CNC)C(C)C)C(=O)N[C@@H](Cc1cnc[nH]1)C(=O)N1CCC[C@H]1C(=O)N[C@@H](C)C(=O)O. The average molecular weight is 986 g/mol. The first-order chi connectivity index (χ1) is 33.0. The predicted molar refractivity (Wildman–Crippen MR) is 255 cm³/mol. The van der Waals surface area contributed by atoms with Crippen molar-refractivity contribution in [3.05, 3.63) is 48.0 Å². The highest BCUT2D eigenvalue weighted by Crippen LogP contribution is 2.21. The van der Waals surface area contributed by atoms with Crippen LogP contribution in [0.1, 0.15) is 84.9 Å². The van der Waals surface area contributed by atoms with Gasteiger partial charge in [0.2, 0.25) is 41.4 Å². The maximum Gasteiger partial charge on any atom is 0.325 e. The summed E-state index contributed by atoms with van der Waals surface area (Å²) in [6.45, 7) is 9.55. The number of hydrogen-bond acceptors (Lipinski definition) is 13. The Balaban J connectivity index is 0.00000403. The number of aromatic amines is 1. The molecule has 8 atom stereocenters. The summed E-state index contributed by atoms with van der Waals surface area (Å²) in [6.07, 6.45) is 4.25. The molecule has 1 aliphatic heterocycles. The van der Waals surface area contributed by atoms with E-state index in [9.17, 15) is 48.6 Å². The van der Waals surface area contributed by atoms with Crippen molar-refractivity contribution < 1.29 is 58.5 Å². The zero-order valence-electron chi connectivity index (χ0n) is 40.7. The van der Waals surface area contributed by atoms with E-state index in [0.717, 1.165) is 6.92 Å². The van der Waals surface area contributed by atoms with Gasteiger partial charge in [0.05, 0.1) is 12.9 Å². The number of phenolic OH excluding ortho intramolecular Hbond substituents is 1. The molecule has 2 heterocycles. The number of nitrogens with zero attached hydrogens (tertiary/aromatic N) is 3. The molecule has 0 radical (unpaired) electrons. The fraction of sp³-hybridized carbons (Fsp3) is 0.578. The van der Waals surface area contributed by atoms with Gasteiger partial charge >= 0.3 is 5.97 Å². The van der Waals surface area contributed by atoms with Gasteiger partial charge in [0.1, 0.15) is 48.0 Å². The standard InChI is InChI=1S/C43H67N13O10.C2H4O2/c1-7-24(4)35(40(63)53-31(19-27-20-47-22-49-27)41(64)56-17-9-11-32(56)38(61)50-25(5)42(65)66)55-37(60)30(18-26-12-14-28(57)15-13-26)52-39(62)34(23(2)3)54-36(59)29(51-33(58)21-46-6)10-8-16-48-43(44)45;1-2(3)4/h12-15,20,22-25,29-32,34-35,46,57H,7-11,16-19,21H2,1-6H3,(H,47,49)(H,50,61)(H,51,58)(H,52,62)(H,53,63)(H,54,59)(H,55,60)(H,65,66)(H4,44,45,48);1H3,(H,3,4)/t24-,25-,29-,30-,31-,32-,34-,35-;/m0./s1. The maximum atomic E-state index is 14.4. The number of aromatic hydroxyl groups is 1. The number of nitrogens with one attached hydrogen (secondary N) is 8. The number of aliphatic carboxylic acids is 2. The van der Waals surface area contributed by atoms with Crippen LogP contribution in [0.3, 0.4) is 0 Å². The molecule has 0 unspecified atom stereocenters. The Hall–Kier alpha value is -7.31. The molecule has 1 fully saturated rings. The van der Waals surface area contributed by atoms with Crippen LogP contribution in [0.15, 0.2) is 41.8 Å². The van der Waals surface area contributed by atoms with Gasteiger partial charge in [0, 0.05) is 44.7 Å². The van der Waals surface area contributed by atoms with E-state index < -0.39 is 107 Å². The van der Waals surface area contributed by atoms with Crippen LogP contribution in [0.4, 0.5) is 0 Å². The van der Waals surface area contributed by atoms with E-state index in [1.807, 2.05) is 0 Å². The number of aliphatic imine (C=N–C) groups is 1. The molecule has 25 nitrogen and oxygen atoms in total. The topological polar surface area (TPSA) is 395 Å². The molecule has 70 heavy (non-hydrogen) atoms. The second-order valence-corrected chi connectivity index (χ2v) is 17.3. The molecule has 25 heteroatoms. The number of carboxylic acid groups (broad SMARTS) is 2. The van der Waals surface area contributed by atoms with Crippen LogP contribution in [-0.2, 0) is 56.0 Å². The minimum atomic E-state index is -1.34. The largest absolute Gasteiger partial charge is 0.508 e. The van der Waals surface area contributed by atoms with Crippen molar-refractivity contribution in [2.75, 3.05) is 26.7 Å². The van der Waals surface area contributed by atoms with E-state index in [1.54, 1.807) is 46.9 Å². The second kappa shape index (κ2) is 29.5. The Morgan fingerprint density at radius 2 is 1.43 bits per heavy atom. The Bertz CT molecular complexity index is 2090. The van der Waals surface area contributed by atoms with Crippen LogP contribution >= 0.6 is 0 Å². The van der Waals surface area contributed by atoms with Crippen LogP contribution in [0.2, 0.25) is 0 Å². The summed E-state index contributed by atoms with van der Waals surface area (Å²) in [6, 6.07) is -2.40. The summed E-state index contributed by atoms with van der Waals surface area (Å²) in [5, 5.41) is 45.5. The lowest BCUT2D eigenvalue weighted by Crippen LogP contribution is -2.62. The number of imidazole rings is 1. The second-order valence-electron chi connectivity index (χ2n) is 17.3. The van der Waals surface area contributed by atoms with Gasteiger partial charge in [-0.15, -0.1) is 0 Å². The van der Waals surface area contributed by atoms with E-state index in [4.69, 9.17) is 21.4 Å². The molecule has 0 aliphatic carbocycles. The summed E-state index contributed by atoms with van der Waals surface area (Å²) in [4.78, 5) is 129. The Labute approximate surface area is 406 Å². The first-order valence-electron chi connectivity index (χ1n) is 23.0. The van der Waals surface area contributed by atoms with Crippen molar-refractivity contribution in [2.24, 2.45) is 28.3 Å². The third-order valence-corrected chi connectivity index (χ3v) is 11.1. The fourth-order valence-corrected chi connectivity index (χ4v) is 7.21. The highest BCUT2D eigenvalue weighted by atomic mass is 16.4. The quantitative estimate of drug-likeness (QED) is 0.0275. The minimum Gasteiger partial charge on any atom is -0.508 e. The van der Waals surface area contributed by atoms with Gasteiger partial charge in [-0.3, -0.25) is 48.1 Å². The molecular weight excluding hydrogens is 915 g/mol. The number of phenols is 1. The number of hydrogen-bond donors (Lipinski definition) is 13. The first-order valence-corrected chi connectivity index (χ1v) is 23.0. The Kier molecular flexibility index (Phi) is 24.8. The van der Waals surface area contributed by atoms with Crippen LogP contribution in [-0.4, -0.2) is 158 Å². The number of carbonyl (C=O) groups is 9. The number of carboxylic acids is 2. The smallest absolute Gasteiger partial charge is 0.325 e. The number of amides is 7. The molecule has 1 aliphatic rings. The molecule has 3 rings (SSSR count). The van der Waals surface area contributed by atoms with Crippen LogP contribution in [0.5, 0.6) is 5.75 Å². The Morgan fingerprint density at radius 1 is 0.829 bits per heavy atom. The molecule has 1 aromatic carbocycles. The minimum absolute atomic E-state index is 0.0375. The molecule has 0 saturated carbocycles. The van der Waals surface area contributed by atoms with Crippen molar-refractivity contribution in [3.63, 3.8) is 0 Å². The Morgan fingerprint density at radius 3 is 1.99 bits per heavy atom. The average Bonchev–Trinajstić information content (AvgIpc) is 4.01. The summed E-state index contributed by atoms with van der Waals surface area (Å²) in [5.74, 6) is -7.94. The number of guanidine groups is 1. The maximum absolute atomic E-state index is 14.4. The monoisotopic (exact) mass is 986 g/mol. The normalized spacial score (nSPS) is 16.0. The van der Waals surface area contributed by atoms with Crippen LogP contribution in [0.25, 0.3) is 0 Å². The fourth-order valence-electron chi connectivity index (χ4n) is 7.21. The van der Waals surface area contributed by atoms with E-state index in [-0.39, 0.29) is 57.0 Å². The molecule has 388 valence electrons. The number of nitrogens with two attached hydrogens (primary N) is 2. The number of carbonyl (C=O) groups excluding carboxylic acids is 7. The van der Waals surface area contributed by atoms with Crippen LogP contribution < -0.4 is 48.7 Å². The number of rotatable bonds is 26. The molecule has 7 amide bonds. The molecule has 1 saturated heterocycles. The first kappa shape index (κ1) is 58.8. The lowest BCUT2D eigenvalue weighted by Gasteiger charge is -2.32. The van der Waals surface area contributed by atoms with E-state index in [1.165, 1.54) is 36.5 Å². The van der Waals surface area contributed by atoms with Crippen molar-refractivity contribution in [3.8, 4) is 5.75 Å². The van der Waals surface area contributed by atoms with Crippen molar-refractivity contribution in [1.29, 1.82) is 0 Å². The van der Waals surface area contributed by atoms with Gasteiger partial charge < -0.3 is 73.9 Å². The van der Waals surface area contributed by atoms with Gasteiger partial charge in [0.25, 0.3) is 5.97 Å². The molecule has 2 aromatic rings. The van der Waals surface area contributed by atoms with Crippen LogP contribution in [0, 0.1) is 11.8 Å². The highest BCUT2D eigenvalue weighted by Gasteiger charge is 2.40. The zero-order valence-corrected chi connectivity index (χ0v) is 40.7. The summed E-state index contributed by atoms with van der Waals surface area (Å²) >= 11 is 0. The molecular formula is C45H71N13O12. The lowest BCUT2D eigenvalue weighted by molar-refractivity contribution is -0.144. The highest BCUT2D eigenvalue weighted by molar-refractivity contribution is 5.98. The van der Waals surface area contributed by atoms with Gasteiger partial charge in [-0.2, -0.15) is 0 Å².